The summed E-state index contributed by atoms with van der Waals surface area (Å²) in [6, 6.07) is 10.5. The van der Waals surface area contributed by atoms with Crippen molar-refractivity contribution in [1.82, 2.24) is 19.9 Å². The Morgan fingerprint density at radius 1 is 1.30 bits per heavy atom. The van der Waals surface area contributed by atoms with Crippen LogP contribution in [0.15, 0.2) is 41.9 Å². The zero-order chi connectivity index (χ0) is 13.8. The lowest BCUT2D eigenvalue weighted by Crippen LogP contribution is -2.23. The summed E-state index contributed by atoms with van der Waals surface area (Å²) in [5, 5.41) is 10.9. The summed E-state index contributed by atoms with van der Waals surface area (Å²) in [4.78, 5) is 4.42. The first kappa shape index (κ1) is 13.1. The summed E-state index contributed by atoms with van der Waals surface area (Å²) in [5.41, 5.74) is 3.16. The fraction of sp³-hybridized carbons (Fsp3) is 0.267. The molecule has 1 N–H and O–H groups in total. The van der Waals surface area contributed by atoms with Crippen LogP contribution in [0.1, 0.15) is 30.6 Å². The molecule has 0 fully saturated rings. The molecule has 102 valence electrons. The van der Waals surface area contributed by atoms with Crippen LogP contribution in [0, 0.1) is 0 Å². The van der Waals surface area contributed by atoms with Crippen LogP contribution in [0.3, 0.4) is 0 Å². The van der Waals surface area contributed by atoms with Gasteiger partial charge in [-0.1, -0.05) is 29.6 Å². The molecule has 1 aromatic carbocycles. The number of nitrogens with one attached hydrogen (secondary N) is 1. The molecule has 0 amide bonds. The summed E-state index contributed by atoms with van der Waals surface area (Å²) >= 11 is 1.38. The summed E-state index contributed by atoms with van der Waals surface area (Å²) in [6.45, 7) is 3.10. The average Bonchev–Trinajstić information content (AvgIpc) is 3.02. The van der Waals surface area contributed by atoms with Crippen molar-refractivity contribution in [2.75, 3.05) is 6.54 Å². The molecule has 5 heteroatoms. The molecule has 0 radical (unpaired) electrons. The van der Waals surface area contributed by atoms with Crippen LogP contribution in [0.4, 0.5) is 0 Å². The molecule has 0 aliphatic carbocycles. The van der Waals surface area contributed by atoms with Crippen LogP contribution in [0.5, 0.6) is 0 Å². The van der Waals surface area contributed by atoms with E-state index in [0.717, 1.165) is 29.6 Å². The molecular weight excluding hydrogens is 268 g/mol. The van der Waals surface area contributed by atoms with E-state index in [2.05, 4.69) is 51.1 Å². The van der Waals surface area contributed by atoms with Gasteiger partial charge in [-0.15, -0.1) is 5.10 Å². The Hall–Kier alpha value is -1.85. The Balaban J connectivity index is 1.99. The molecule has 1 atom stereocenters. The number of nitrogens with zero attached hydrogens (tertiary/aromatic N) is 3. The Morgan fingerprint density at radius 2 is 2.25 bits per heavy atom. The van der Waals surface area contributed by atoms with Gasteiger partial charge in [0.25, 0.3) is 0 Å². The van der Waals surface area contributed by atoms with Crippen molar-refractivity contribution in [1.29, 1.82) is 0 Å². The number of pyridine rings is 1. The number of fused-ring (bicyclic) bond motifs is 1. The smallest absolute Gasteiger partial charge is 0.0970 e. The largest absolute Gasteiger partial charge is 0.305 e. The monoisotopic (exact) mass is 284 g/mol. The van der Waals surface area contributed by atoms with Crippen molar-refractivity contribution in [3.8, 4) is 0 Å². The molecule has 2 aromatic heterocycles. The lowest BCUT2D eigenvalue weighted by atomic mass is 10.0. The zero-order valence-electron chi connectivity index (χ0n) is 11.3. The Morgan fingerprint density at radius 3 is 3.05 bits per heavy atom. The van der Waals surface area contributed by atoms with Crippen LogP contribution >= 0.6 is 11.5 Å². The van der Waals surface area contributed by atoms with Gasteiger partial charge in [-0.2, -0.15) is 0 Å². The molecular formula is C15H16N4S. The Labute approximate surface area is 122 Å². The van der Waals surface area contributed by atoms with Gasteiger partial charge in [0, 0.05) is 17.0 Å². The average molecular weight is 284 g/mol. The molecule has 2 heterocycles. The molecule has 0 saturated heterocycles. The van der Waals surface area contributed by atoms with E-state index < -0.39 is 0 Å². The number of benzene rings is 1. The van der Waals surface area contributed by atoms with Gasteiger partial charge in [-0.05, 0) is 42.2 Å². The fourth-order valence-corrected chi connectivity index (χ4v) is 2.72. The highest BCUT2D eigenvalue weighted by Crippen LogP contribution is 2.24. The maximum absolute atomic E-state index is 4.42. The van der Waals surface area contributed by atoms with E-state index in [0.29, 0.717) is 0 Å². The minimum absolute atomic E-state index is 0.0834. The summed E-state index contributed by atoms with van der Waals surface area (Å²) < 4.78 is 3.98. The topological polar surface area (TPSA) is 50.7 Å². The predicted octanol–water partition coefficient (Wildman–Crippen LogP) is 3.18. The SMILES string of the molecule is CCCNC(c1ccc2cccnc2c1)c1csnn1. The van der Waals surface area contributed by atoms with Gasteiger partial charge in [-0.3, -0.25) is 4.98 Å². The Bertz CT molecular complexity index is 681. The molecule has 0 bridgehead atoms. The second-order valence-corrected chi connectivity index (χ2v) is 5.28. The normalized spacial score (nSPS) is 12.7. The maximum Gasteiger partial charge on any atom is 0.0970 e. The lowest BCUT2D eigenvalue weighted by Gasteiger charge is -2.16. The first-order valence-corrected chi connectivity index (χ1v) is 7.57. The van der Waals surface area contributed by atoms with Crippen LogP contribution in [-0.2, 0) is 0 Å². The molecule has 3 aromatic rings. The predicted molar refractivity (Wildman–Crippen MR) is 81.8 cm³/mol. The maximum atomic E-state index is 4.42. The third-order valence-corrected chi connectivity index (χ3v) is 3.76. The number of rotatable bonds is 5. The molecule has 0 aliphatic heterocycles. The third-order valence-electron chi connectivity index (χ3n) is 3.23. The summed E-state index contributed by atoms with van der Waals surface area (Å²) in [5.74, 6) is 0. The first-order valence-electron chi connectivity index (χ1n) is 6.73. The zero-order valence-corrected chi connectivity index (χ0v) is 12.1. The second-order valence-electron chi connectivity index (χ2n) is 4.67. The first-order chi connectivity index (χ1) is 9.88. The van der Waals surface area contributed by atoms with Gasteiger partial charge in [0.05, 0.1) is 17.3 Å². The number of hydrogen-bond donors (Lipinski definition) is 1. The van der Waals surface area contributed by atoms with E-state index in [1.54, 1.807) is 0 Å². The van der Waals surface area contributed by atoms with Gasteiger partial charge in [0.15, 0.2) is 0 Å². The standard InChI is InChI=1S/C15H16N4S/c1-2-7-17-15(14-10-20-19-18-14)12-6-5-11-4-3-8-16-13(11)9-12/h3-6,8-10,15,17H,2,7H2,1H3. The van der Waals surface area contributed by atoms with E-state index in [4.69, 9.17) is 0 Å². The molecule has 0 saturated carbocycles. The van der Waals surface area contributed by atoms with Gasteiger partial charge >= 0.3 is 0 Å². The van der Waals surface area contributed by atoms with E-state index in [9.17, 15) is 0 Å². The molecule has 1 unspecified atom stereocenters. The van der Waals surface area contributed by atoms with Gasteiger partial charge in [0.2, 0.25) is 0 Å². The van der Waals surface area contributed by atoms with Crippen molar-refractivity contribution >= 4 is 22.4 Å². The van der Waals surface area contributed by atoms with E-state index in [-0.39, 0.29) is 6.04 Å². The second kappa shape index (κ2) is 6.07. The van der Waals surface area contributed by atoms with Crippen LogP contribution < -0.4 is 5.32 Å². The quantitative estimate of drug-likeness (QED) is 0.782. The molecule has 4 nitrogen and oxygen atoms in total. The third kappa shape index (κ3) is 2.69. The summed E-state index contributed by atoms with van der Waals surface area (Å²) in [6.07, 6.45) is 2.91. The van der Waals surface area contributed by atoms with Gasteiger partial charge in [-0.25, -0.2) is 0 Å². The minimum atomic E-state index is 0.0834. The van der Waals surface area contributed by atoms with Gasteiger partial charge < -0.3 is 5.32 Å². The summed E-state index contributed by atoms with van der Waals surface area (Å²) in [7, 11) is 0. The van der Waals surface area contributed by atoms with Crippen molar-refractivity contribution in [3.05, 3.63) is 53.2 Å². The number of aromatic nitrogens is 3. The van der Waals surface area contributed by atoms with Crippen molar-refractivity contribution in [3.63, 3.8) is 0 Å². The highest BCUT2D eigenvalue weighted by Gasteiger charge is 2.16. The van der Waals surface area contributed by atoms with Crippen LogP contribution in [0.2, 0.25) is 0 Å². The highest BCUT2D eigenvalue weighted by molar-refractivity contribution is 7.03. The Kier molecular flexibility index (Phi) is 3.99. The molecule has 0 spiro atoms. The van der Waals surface area contributed by atoms with E-state index >= 15 is 0 Å². The molecule has 20 heavy (non-hydrogen) atoms. The van der Waals surface area contributed by atoms with Gasteiger partial charge in [0.1, 0.15) is 0 Å². The van der Waals surface area contributed by atoms with E-state index in [1.807, 2.05) is 17.6 Å². The van der Waals surface area contributed by atoms with Crippen molar-refractivity contribution < 1.29 is 0 Å². The van der Waals surface area contributed by atoms with Crippen LogP contribution in [0.25, 0.3) is 10.9 Å². The van der Waals surface area contributed by atoms with Crippen molar-refractivity contribution in [2.24, 2.45) is 0 Å². The minimum Gasteiger partial charge on any atom is -0.305 e. The molecule has 3 rings (SSSR count). The van der Waals surface area contributed by atoms with Crippen LogP contribution in [-0.4, -0.2) is 21.1 Å². The van der Waals surface area contributed by atoms with Crippen molar-refractivity contribution in [2.45, 2.75) is 19.4 Å². The fourth-order valence-electron chi connectivity index (χ4n) is 2.24. The lowest BCUT2D eigenvalue weighted by molar-refractivity contribution is 0.585. The highest BCUT2D eigenvalue weighted by atomic mass is 32.1. The van der Waals surface area contributed by atoms with E-state index in [1.165, 1.54) is 17.1 Å². The molecule has 0 aliphatic rings. The number of hydrogen-bond acceptors (Lipinski definition) is 5.